The van der Waals surface area contributed by atoms with Crippen LogP contribution < -0.4 is 14.8 Å². The van der Waals surface area contributed by atoms with Crippen LogP contribution in [0.25, 0.3) is 22.3 Å². The lowest BCUT2D eigenvalue weighted by Crippen LogP contribution is -2.04. The van der Waals surface area contributed by atoms with E-state index in [0.29, 0.717) is 6.61 Å². The Kier molecular flexibility index (Phi) is 5.57. The molecule has 0 N–H and O–H groups in total. The van der Waals surface area contributed by atoms with Crippen LogP contribution in [0.5, 0.6) is 11.5 Å². The summed E-state index contributed by atoms with van der Waals surface area (Å²) in [5.41, 5.74) is 5.01. The van der Waals surface area contributed by atoms with E-state index in [1.807, 2.05) is 55.5 Å². The van der Waals surface area contributed by atoms with Gasteiger partial charge in [0.1, 0.15) is 22.8 Å². The van der Waals surface area contributed by atoms with Crippen molar-refractivity contribution in [1.29, 1.82) is 0 Å². The second-order valence-corrected chi connectivity index (χ2v) is 7.27. The van der Waals surface area contributed by atoms with Gasteiger partial charge in [0.15, 0.2) is 0 Å². The standard InChI is InChI=1S/C26H25NO3/c1-5-29-22-10-11-25-23(15-22)24(27-20-13-17(2)12-18(3)14-20)16-26(30-25)19-6-8-21(28-4)9-7-19/h6-16H,5H2,1-4H3. The Morgan fingerprint density at radius 3 is 2.20 bits per heavy atom. The SMILES string of the molecule is CCOc1ccc2oc(-c3ccc(OC)cc3)cc(=Nc3cc(C)cc(C)c3)c2c1. The lowest BCUT2D eigenvalue weighted by Gasteiger charge is -2.08. The van der Waals surface area contributed by atoms with Crippen LogP contribution in [-0.2, 0) is 0 Å². The van der Waals surface area contributed by atoms with Gasteiger partial charge in [0.2, 0.25) is 0 Å². The zero-order chi connectivity index (χ0) is 21.1. The van der Waals surface area contributed by atoms with E-state index in [1.165, 1.54) is 11.1 Å². The summed E-state index contributed by atoms with van der Waals surface area (Å²) in [5, 5.41) is 1.76. The Balaban J connectivity index is 1.95. The van der Waals surface area contributed by atoms with Crippen molar-refractivity contribution in [1.82, 2.24) is 0 Å². The third-order valence-corrected chi connectivity index (χ3v) is 4.86. The normalized spacial score (nSPS) is 11.7. The first-order chi connectivity index (χ1) is 14.6. The first-order valence-electron chi connectivity index (χ1n) is 10.0. The van der Waals surface area contributed by atoms with Gasteiger partial charge < -0.3 is 13.9 Å². The Morgan fingerprint density at radius 1 is 0.833 bits per heavy atom. The number of rotatable bonds is 5. The molecule has 0 radical (unpaired) electrons. The highest BCUT2D eigenvalue weighted by Gasteiger charge is 2.08. The van der Waals surface area contributed by atoms with Crippen molar-refractivity contribution >= 4 is 16.7 Å². The third kappa shape index (κ3) is 4.23. The fourth-order valence-corrected chi connectivity index (χ4v) is 3.55. The Bertz CT molecular complexity index is 1230. The van der Waals surface area contributed by atoms with Gasteiger partial charge in [-0.15, -0.1) is 0 Å². The van der Waals surface area contributed by atoms with Gasteiger partial charge >= 0.3 is 0 Å². The van der Waals surface area contributed by atoms with Gasteiger partial charge in [-0.05, 0) is 86.5 Å². The minimum absolute atomic E-state index is 0.607. The molecule has 0 aliphatic rings. The molecule has 0 spiro atoms. The molecule has 4 heteroatoms. The summed E-state index contributed by atoms with van der Waals surface area (Å²) in [4.78, 5) is 4.97. The van der Waals surface area contributed by atoms with Gasteiger partial charge in [-0.25, -0.2) is 4.99 Å². The highest BCUT2D eigenvalue weighted by Crippen LogP contribution is 2.27. The second kappa shape index (κ2) is 8.46. The second-order valence-electron chi connectivity index (χ2n) is 7.27. The lowest BCUT2D eigenvalue weighted by molar-refractivity contribution is 0.340. The molecule has 4 rings (SSSR count). The molecule has 30 heavy (non-hydrogen) atoms. The van der Waals surface area contributed by atoms with Gasteiger partial charge in [0.05, 0.1) is 24.8 Å². The molecule has 0 saturated carbocycles. The molecule has 0 aliphatic heterocycles. The fraction of sp³-hybridized carbons (Fsp3) is 0.192. The molecule has 152 valence electrons. The van der Waals surface area contributed by atoms with Crippen LogP contribution in [0.15, 0.2) is 76.1 Å². The van der Waals surface area contributed by atoms with E-state index in [-0.39, 0.29) is 0 Å². The number of ether oxygens (including phenoxy) is 2. The van der Waals surface area contributed by atoms with Crippen LogP contribution in [0.3, 0.4) is 0 Å². The predicted octanol–water partition coefficient (Wildman–Crippen LogP) is 6.36. The number of hydrogen-bond acceptors (Lipinski definition) is 4. The molecule has 1 heterocycles. The van der Waals surface area contributed by atoms with E-state index in [2.05, 4.69) is 32.0 Å². The minimum Gasteiger partial charge on any atom is -0.497 e. The number of methoxy groups -OCH3 is 1. The van der Waals surface area contributed by atoms with E-state index in [9.17, 15) is 0 Å². The van der Waals surface area contributed by atoms with Crippen molar-refractivity contribution in [3.05, 3.63) is 83.2 Å². The maximum absolute atomic E-state index is 6.22. The molecule has 1 aromatic heterocycles. The average Bonchev–Trinajstić information content (AvgIpc) is 2.73. The average molecular weight is 399 g/mol. The van der Waals surface area contributed by atoms with Gasteiger partial charge in [0.25, 0.3) is 0 Å². The molecule has 0 saturated heterocycles. The maximum Gasteiger partial charge on any atom is 0.137 e. The molecular weight excluding hydrogens is 374 g/mol. The van der Waals surface area contributed by atoms with Crippen LogP contribution in [0.2, 0.25) is 0 Å². The highest BCUT2D eigenvalue weighted by molar-refractivity contribution is 5.80. The molecule has 0 bridgehead atoms. The van der Waals surface area contributed by atoms with Crippen molar-refractivity contribution in [2.75, 3.05) is 13.7 Å². The first kappa shape index (κ1) is 19.8. The smallest absolute Gasteiger partial charge is 0.137 e. The van der Waals surface area contributed by atoms with Crippen LogP contribution in [0.4, 0.5) is 5.69 Å². The Labute approximate surface area is 176 Å². The van der Waals surface area contributed by atoms with Crippen molar-refractivity contribution in [2.45, 2.75) is 20.8 Å². The number of fused-ring (bicyclic) bond motifs is 1. The molecule has 0 unspecified atom stereocenters. The van der Waals surface area contributed by atoms with Gasteiger partial charge in [-0.1, -0.05) is 6.07 Å². The van der Waals surface area contributed by atoms with Crippen LogP contribution in [0.1, 0.15) is 18.1 Å². The largest absolute Gasteiger partial charge is 0.497 e. The van der Waals surface area contributed by atoms with Crippen LogP contribution in [0, 0.1) is 13.8 Å². The predicted molar refractivity (Wildman–Crippen MR) is 121 cm³/mol. The van der Waals surface area contributed by atoms with Crippen molar-refractivity contribution in [3.63, 3.8) is 0 Å². The quantitative estimate of drug-likeness (QED) is 0.392. The number of benzene rings is 3. The van der Waals surface area contributed by atoms with Gasteiger partial charge in [-0.3, -0.25) is 0 Å². The summed E-state index contributed by atoms with van der Waals surface area (Å²) in [6.07, 6.45) is 0. The third-order valence-electron chi connectivity index (χ3n) is 4.86. The summed E-state index contributed by atoms with van der Waals surface area (Å²) < 4.78 is 17.2. The number of aryl methyl sites for hydroxylation is 2. The summed E-state index contributed by atoms with van der Waals surface area (Å²) in [6, 6.07) is 22.0. The van der Waals surface area contributed by atoms with E-state index in [4.69, 9.17) is 18.9 Å². The molecule has 3 aromatic carbocycles. The van der Waals surface area contributed by atoms with Gasteiger partial charge in [-0.2, -0.15) is 0 Å². The van der Waals surface area contributed by atoms with E-state index < -0.39 is 0 Å². The van der Waals surface area contributed by atoms with Crippen molar-refractivity contribution < 1.29 is 13.9 Å². The van der Waals surface area contributed by atoms with E-state index in [1.54, 1.807) is 7.11 Å². The number of nitrogens with zero attached hydrogens (tertiary/aromatic N) is 1. The molecule has 4 aromatic rings. The van der Waals surface area contributed by atoms with E-state index in [0.717, 1.165) is 44.8 Å². The zero-order valence-corrected chi connectivity index (χ0v) is 17.7. The topological polar surface area (TPSA) is 44.0 Å². The zero-order valence-electron chi connectivity index (χ0n) is 17.7. The van der Waals surface area contributed by atoms with E-state index >= 15 is 0 Å². The van der Waals surface area contributed by atoms with Crippen LogP contribution >= 0.6 is 0 Å². The Morgan fingerprint density at radius 2 is 1.53 bits per heavy atom. The van der Waals surface area contributed by atoms with Crippen molar-refractivity contribution in [3.8, 4) is 22.8 Å². The molecule has 0 amide bonds. The van der Waals surface area contributed by atoms with Crippen LogP contribution in [-0.4, -0.2) is 13.7 Å². The summed E-state index contributed by atoms with van der Waals surface area (Å²) in [5.74, 6) is 2.35. The number of hydrogen-bond donors (Lipinski definition) is 0. The van der Waals surface area contributed by atoms with Crippen molar-refractivity contribution in [2.24, 2.45) is 4.99 Å². The lowest BCUT2D eigenvalue weighted by atomic mass is 10.1. The summed E-state index contributed by atoms with van der Waals surface area (Å²) in [6.45, 7) is 6.75. The Hall–Kier alpha value is -3.53. The minimum atomic E-state index is 0.607. The first-order valence-corrected chi connectivity index (χ1v) is 10.0. The molecular formula is C26H25NO3. The molecule has 0 fully saturated rings. The monoisotopic (exact) mass is 399 g/mol. The summed E-state index contributed by atoms with van der Waals surface area (Å²) in [7, 11) is 1.66. The summed E-state index contributed by atoms with van der Waals surface area (Å²) >= 11 is 0. The fourth-order valence-electron chi connectivity index (χ4n) is 3.55. The highest BCUT2D eigenvalue weighted by atomic mass is 16.5. The van der Waals surface area contributed by atoms with Gasteiger partial charge in [0, 0.05) is 17.0 Å². The maximum atomic E-state index is 6.22. The molecule has 0 atom stereocenters. The molecule has 0 aliphatic carbocycles. The molecule has 4 nitrogen and oxygen atoms in total.